The fourth-order valence-electron chi connectivity index (χ4n) is 5.41. The Kier molecular flexibility index (Phi) is 7.59. The molecule has 0 N–H and O–H groups in total. The summed E-state index contributed by atoms with van der Waals surface area (Å²) in [5.41, 5.74) is 5.42. The predicted octanol–water partition coefficient (Wildman–Crippen LogP) is 7.01. The molecule has 0 unspecified atom stereocenters. The van der Waals surface area contributed by atoms with Crippen molar-refractivity contribution in [2.75, 3.05) is 37.9 Å². The monoisotopic (exact) mass is 509 g/mol. The zero-order chi connectivity index (χ0) is 25.6. The molecule has 196 valence electrons. The summed E-state index contributed by atoms with van der Waals surface area (Å²) in [4.78, 5) is 4.92. The normalized spacial score (nSPS) is 15.4. The number of fused-ring (bicyclic) bond motifs is 1. The van der Waals surface area contributed by atoms with Gasteiger partial charge in [-0.05, 0) is 73.8 Å². The fourth-order valence-corrected chi connectivity index (χ4v) is 5.41. The first kappa shape index (κ1) is 24.6. The Hall–Kier alpha value is -3.77. The van der Waals surface area contributed by atoms with Gasteiger partial charge in [-0.2, -0.15) is 0 Å². The van der Waals surface area contributed by atoms with Crippen LogP contribution in [0.3, 0.4) is 0 Å². The Balaban J connectivity index is 1.21. The topological polar surface area (TPSA) is 51.0 Å². The Morgan fingerprint density at radius 1 is 0.737 bits per heavy atom. The standard InChI is InChI=1S/C32H35N3O3/c1-2-7-17-34(16-6-1)18-9-19-35(23-25-14-15-30-31(20-25)37-24-36-30)32-22-29(33-38-32)28-13-8-12-27(21-28)26-10-4-3-5-11-26/h3-5,8,10-15,20-22H,1-2,6-7,9,16-19,23-24H2. The third-order valence-electron chi connectivity index (χ3n) is 7.49. The van der Waals surface area contributed by atoms with Crippen molar-refractivity contribution >= 4 is 5.88 Å². The van der Waals surface area contributed by atoms with Crippen LogP contribution >= 0.6 is 0 Å². The van der Waals surface area contributed by atoms with Crippen LogP contribution in [0, 0.1) is 0 Å². The van der Waals surface area contributed by atoms with Gasteiger partial charge in [0.2, 0.25) is 12.7 Å². The summed E-state index contributed by atoms with van der Waals surface area (Å²) < 4.78 is 17.1. The van der Waals surface area contributed by atoms with Gasteiger partial charge < -0.3 is 23.8 Å². The highest BCUT2D eigenvalue weighted by Crippen LogP contribution is 2.34. The molecule has 0 atom stereocenters. The van der Waals surface area contributed by atoms with Gasteiger partial charge in [-0.3, -0.25) is 0 Å². The van der Waals surface area contributed by atoms with Crippen molar-refractivity contribution < 1.29 is 14.0 Å². The Bertz CT molecular complexity index is 1330. The van der Waals surface area contributed by atoms with Gasteiger partial charge in [0.05, 0.1) is 0 Å². The lowest BCUT2D eigenvalue weighted by Crippen LogP contribution is -2.30. The van der Waals surface area contributed by atoms with Crippen LogP contribution in [0.5, 0.6) is 11.5 Å². The number of aromatic nitrogens is 1. The molecule has 0 radical (unpaired) electrons. The van der Waals surface area contributed by atoms with Gasteiger partial charge in [-0.25, -0.2) is 0 Å². The molecule has 3 heterocycles. The van der Waals surface area contributed by atoms with Crippen molar-refractivity contribution in [3.8, 4) is 33.9 Å². The summed E-state index contributed by atoms with van der Waals surface area (Å²) in [6.07, 6.45) is 6.42. The van der Waals surface area contributed by atoms with E-state index < -0.39 is 0 Å². The molecule has 1 aromatic heterocycles. The van der Waals surface area contributed by atoms with E-state index in [4.69, 9.17) is 14.0 Å². The minimum Gasteiger partial charge on any atom is -0.454 e. The van der Waals surface area contributed by atoms with Crippen molar-refractivity contribution in [3.63, 3.8) is 0 Å². The fraction of sp³-hybridized carbons (Fsp3) is 0.344. The minimum absolute atomic E-state index is 0.284. The zero-order valence-electron chi connectivity index (χ0n) is 21.9. The maximum absolute atomic E-state index is 5.96. The van der Waals surface area contributed by atoms with Crippen LogP contribution in [0.25, 0.3) is 22.4 Å². The summed E-state index contributed by atoms with van der Waals surface area (Å²) in [5.74, 6) is 2.41. The third kappa shape index (κ3) is 5.86. The summed E-state index contributed by atoms with van der Waals surface area (Å²) in [7, 11) is 0. The molecule has 2 aliphatic rings. The molecule has 6 heteroatoms. The third-order valence-corrected chi connectivity index (χ3v) is 7.49. The van der Waals surface area contributed by atoms with Crippen molar-refractivity contribution in [1.29, 1.82) is 0 Å². The highest BCUT2D eigenvalue weighted by Gasteiger charge is 2.19. The Labute approximate surface area is 224 Å². The molecule has 2 aliphatic heterocycles. The molecule has 38 heavy (non-hydrogen) atoms. The SMILES string of the molecule is c1ccc(-c2cccc(-c3cc(N(CCCN4CCCCCC4)Cc4ccc5c(c4)OCO5)on3)c2)cc1. The van der Waals surface area contributed by atoms with Crippen LogP contribution in [0.15, 0.2) is 83.4 Å². The number of likely N-dealkylation sites (tertiary alicyclic amines) is 1. The average Bonchev–Trinajstić information content (AvgIpc) is 3.57. The van der Waals surface area contributed by atoms with Gasteiger partial charge in [0.15, 0.2) is 11.5 Å². The van der Waals surface area contributed by atoms with E-state index >= 15 is 0 Å². The quantitative estimate of drug-likeness (QED) is 0.242. The Morgan fingerprint density at radius 3 is 2.39 bits per heavy atom. The largest absolute Gasteiger partial charge is 0.454 e. The second-order valence-corrected chi connectivity index (χ2v) is 10.2. The molecule has 0 aliphatic carbocycles. The van der Waals surface area contributed by atoms with Crippen LogP contribution in [-0.2, 0) is 6.54 Å². The first-order valence-corrected chi connectivity index (χ1v) is 13.8. The van der Waals surface area contributed by atoms with Crippen LogP contribution in [0.2, 0.25) is 0 Å². The Morgan fingerprint density at radius 2 is 1.53 bits per heavy atom. The van der Waals surface area contributed by atoms with E-state index in [1.807, 2.05) is 12.1 Å². The molecule has 0 spiro atoms. The van der Waals surface area contributed by atoms with Crippen molar-refractivity contribution in [1.82, 2.24) is 10.1 Å². The average molecular weight is 510 g/mol. The number of hydrogen-bond donors (Lipinski definition) is 0. The summed E-state index contributed by atoms with van der Waals surface area (Å²) >= 11 is 0. The first-order chi connectivity index (χ1) is 18.8. The highest BCUT2D eigenvalue weighted by atomic mass is 16.7. The van der Waals surface area contributed by atoms with Gasteiger partial charge in [-0.1, -0.05) is 72.6 Å². The number of ether oxygens (including phenoxy) is 2. The number of nitrogens with zero attached hydrogens (tertiary/aromatic N) is 3. The number of benzene rings is 3. The minimum atomic E-state index is 0.284. The van der Waals surface area contributed by atoms with E-state index in [9.17, 15) is 0 Å². The summed E-state index contributed by atoms with van der Waals surface area (Å²) in [6, 6.07) is 27.2. The molecule has 0 bridgehead atoms. The summed E-state index contributed by atoms with van der Waals surface area (Å²) in [6.45, 7) is 5.43. The van der Waals surface area contributed by atoms with E-state index in [0.717, 1.165) is 60.3 Å². The number of anilines is 1. The molecular formula is C32H35N3O3. The molecule has 6 rings (SSSR count). The van der Waals surface area contributed by atoms with Crippen LogP contribution in [-0.4, -0.2) is 43.0 Å². The maximum atomic E-state index is 5.96. The van der Waals surface area contributed by atoms with Gasteiger partial charge in [0.25, 0.3) is 0 Å². The lowest BCUT2D eigenvalue weighted by Gasteiger charge is -2.24. The van der Waals surface area contributed by atoms with Crippen molar-refractivity contribution in [2.24, 2.45) is 0 Å². The first-order valence-electron chi connectivity index (χ1n) is 13.8. The predicted molar refractivity (Wildman–Crippen MR) is 151 cm³/mol. The second kappa shape index (κ2) is 11.7. The van der Waals surface area contributed by atoms with E-state index in [2.05, 4.69) is 81.7 Å². The van der Waals surface area contributed by atoms with Crippen LogP contribution in [0.1, 0.15) is 37.7 Å². The van der Waals surface area contributed by atoms with Crippen molar-refractivity contribution in [2.45, 2.75) is 38.6 Å². The van der Waals surface area contributed by atoms with Crippen molar-refractivity contribution in [3.05, 3.63) is 84.4 Å². The van der Waals surface area contributed by atoms with Crippen LogP contribution < -0.4 is 14.4 Å². The summed E-state index contributed by atoms with van der Waals surface area (Å²) in [5, 5.41) is 4.48. The molecular weight excluding hydrogens is 474 g/mol. The lowest BCUT2D eigenvalue weighted by atomic mass is 10.0. The molecule has 3 aromatic carbocycles. The molecule has 1 fully saturated rings. The molecule has 1 saturated heterocycles. The van der Waals surface area contributed by atoms with Gasteiger partial charge in [0, 0.05) is 24.7 Å². The van der Waals surface area contributed by atoms with Gasteiger partial charge in [-0.15, -0.1) is 0 Å². The smallest absolute Gasteiger partial charge is 0.231 e. The van der Waals surface area contributed by atoms with Gasteiger partial charge >= 0.3 is 0 Å². The molecule has 0 amide bonds. The molecule has 4 aromatic rings. The van der Waals surface area contributed by atoms with Crippen LogP contribution in [0.4, 0.5) is 5.88 Å². The molecule has 6 nitrogen and oxygen atoms in total. The second-order valence-electron chi connectivity index (χ2n) is 10.2. The number of rotatable bonds is 9. The number of hydrogen-bond acceptors (Lipinski definition) is 6. The highest BCUT2D eigenvalue weighted by molar-refractivity contribution is 5.72. The molecule has 0 saturated carbocycles. The lowest BCUT2D eigenvalue weighted by molar-refractivity contribution is 0.174. The van der Waals surface area contributed by atoms with E-state index in [1.165, 1.54) is 49.9 Å². The van der Waals surface area contributed by atoms with Gasteiger partial charge in [0.1, 0.15) is 5.69 Å². The van der Waals surface area contributed by atoms with E-state index in [0.29, 0.717) is 0 Å². The zero-order valence-corrected chi connectivity index (χ0v) is 21.9. The van der Waals surface area contributed by atoms with E-state index in [1.54, 1.807) is 0 Å². The maximum Gasteiger partial charge on any atom is 0.231 e. The van der Waals surface area contributed by atoms with E-state index in [-0.39, 0.29) is 6.79 Å².